The van der Waals surface area contributed by atoms with Crippen LogP contribution >= 0.6 is 0 Å². The van der Waals surface area contributed by atoms with Crippen molar-refractivity contribution >= 4 is 0 Å². The first-order chi connectivity index (χ1) is 6.46. The molecule has 0 saturated carbocycles. The van der Waals surface area contributed by atoms with Gasteiger partial charge in [0.25, 0.3) is 0 Å². The van der Waals surface area contributed by atoms with Gasteiger partial charge >= 0.3 is 6.18 Å². The molecule has 0 aliphatic heterocycles. The molecule has 14 heavy (non-hydrogen) atoms. The molecule has 0 amide bonds. The van der Waals surface area contributed by atoms with Crippen LogP contribution in [-0.2, 0) is 6.54 Å². The average Bonchev–Trinajstić information content (AvgIpc) is 2.50. The summed E-state index contributed by atoms with van der Waals surface area (Å²) in [6, 6.07) is 1.17. The maximum Gasteiger partial charge on any atom is 0.420 e. The molecule has 0 saturated heterocycles. The lowest BCUT2D eigenvalue weighted by molar-refractivity contribution is -0.208. The van der Waals surface area contributed by atoms with Crippen molar-refractivity contribution in [1.82, 2.24) is 9.78 Å². The Bertz CT molecular complexity index is 295. The molecule has 1 heterocycles. The maximum absolute atomic E-state index is 12.1. The van der Waals surface area contributed by atoms with Gasteiger partial charge in [0.2, 0.25) is 0 Å². The Morgan fingerprint density at radius 2 is 2.21 bits per heavy atom. The number of aromatic nitrogens is 2. The smallest absolute Gasteiger partial charge is 0.378 e. The number of rotatable bonds is 3. The Kier molecular flexibility index (Phi) is 3.15. The van der Waals surface area contributed by atoms with Gasteiger partial charge in [-0.05, 0) is 12.5 Å². The third kappa shape index (κ3) is 2.25. The predicted molar refractivity (Wildman–Crippen MR) is 43.5 cm³/mol. The Morgan fingerprint density at radius 3 is 2.71 bits per heavy atom. The van der Waals surface area contributed by atoms with Crippen LogP contribution < -0.4 is 0 Å². The zero-order valence-electron chi connectivity index (χ0n) is 7.62. The fourth-order valence-electron chi connectivity index (χ4n) is 1.14. The highest BCUT2D eigenvalue weighted by Crippen LogP contribution is 2.32. The number of aryl methyl sites for hydroxylation is 1. The Balaban J connectivity index is 2.89. The van der Waals surface area contributed by atoms with Crippen molar-refractivity contribution in [1.29, 1.82) is 0 Å². The largest absolute Gasteiger partial charge is 0.420 e. The lowest BCUT2D eigenvalue weighted by Gasteiger charge is -2.15. The van der Waals surface area contributed by atoms with Crippen LogP contribution in [0, 0.1) is 0 Å². The Labute approximate surface area is 79.2 Å². The van der Waals surface area contributed by atoms with Crippen molar-refractivity contribution in [3.8, 4) is 0 Å². The first kappa shape index (κ1) is 11.0. The molecule has 0 radical (unpaired) electrons. The number of aliphatic hydroxyl groups excluding tert-OH is 1. The van der Waals surface area contributed by atoms with E-state index in [-0.39, 0.29) is 5.69 Å². The zero-order chi connectivity index (χ0) is 10.8. The minimum atomic E-state index is -4.63. The van der Waals surface area contributed by atoms with Gasteiger partial charge in [-0.1, -0.05) is 6.92 Å². The zero-order valence-corrected chi connectivity index (χ0v) is 7.62. The number of alkyl halides is 3. The molecule has 1 N–H and O–H groups in total. The lowest BCUT2D eigenvalue weighted by Crippen LogP contribution is -2.23. The van der Waals surface area contributed by atoms with Gasteiger partial charge in [0, 0.05) is 12.7 Å². The summed E-state index contributed by atoms with van der Waals surface area (Å²) in [6.45, 7) is 2.20. The molecule has 6 heteroatoms. The number of halogens is 3. The summed E-state index contributed by atoms with van der Waals surface area (Å²) < 4.78 is 37.6. The summed E-state index contributed by atoms with van der Waals surface area (Å²) in [7, 11) is 0. The highest BCUT2D eigenvalue weighted by atomic mass is 19.4. The van der Waals surface area contributed by atoms with E-state index < -0.39 is 12.3 Å². The van der Waals surface area contributed by atoms with Crippen molar-refractivity contribution in [2.24, 2.45) is 0 Å². The fourth-order valence-corrected chi connectivity index (χ4v) is 1.14. The van der Waals surface area contributed by atoms with Gasteiger partial charge in [0.1, 0.15) is 0 Å². The van der Waals surface area contributed by atoms with E-state index in [1.807, 2.05) is 6.92 Å². The van der Waals surface area contributed by atoms with Gasteiger partial charge in [0.05, 0.1) is 5.69 Å². The van der Waals surface area contributed by atoms with Gasteiger partial charge in [-0.2, -0.15) is 18.3 Å². The quantitative estimate of drug-likeness (QED) is 0.823. The molecule has 0 aliphatic carbocycles. The third-order valence-corrected chi connectivity index (χ3v) is 1.78. The normalized spacial score (nSPS) is 14.4. The van der Waals surface area contributed by atoms with Crippen LogP contribution in [0.1, 0.15) is 25.1 Å². The topological polar surface area (TPSA) is 38.0 Å². The molecule has 1 rings (SSSR count). The molecule has 3 nitrogen and oxygen atoms in total. The summed E-state index contributed by atoms with van der Waals surface area (Å²) in [5.41, 5.74) is -0.209. The lowest BCUT2D eigenvalue weighted by atomic mass is 10.2. The van der Waals surface area contributed by atoms with Crippen LogP contribution in [0.3, 0.4) is 0 Å². The second-order valence-electron chi connectivity index (χ2n) is 2.92. The first-order valence-corrected chi connectivity index (χ1v) is 4.23. The van der Waals surface area contributed by atoms with Gasteiger partial charge in [-0.15, -0.1) is 0 Å². The standard InChI is InChI=1S/C8H11F3N2O/c1-2-5-13-6(3-4-12-13)7(14)8(9,10)11/h3-4,7,14H,2,5H2,1H3. The number of hydrogen-bond acceptors (Lipinski definition) is 2. The fraction of sp³-hybridized carbons (Fsp3) is 0.625. The van der Waals surface area contributed by atoms with E-state index in [1.165, 1.54) is 12.3 Å². The number of aliphatic hydroxyl groups is 1. The molecule has 0 bridgehead atoms. The molecular formula is C8H11F3N2O. The van der Waals surface area contributed by atoms with E-state index in [0.717, 1.165) is 4.68 Å². The molecule has 0 aromatic carbocycles. The second-order valence-corrected chi connectivity index (χ2v) is 2.92. The summed E-state index contributed by atoms with van der Waals surface area (Å²) in [5.74, 6) is 0. The molecule has 1 aromatic rings. The maximum atomic E-state index is 12.1. The molecule has 0 fully saturated rings. The van der Waals surface area contributed by atoms with Crippen molar-refractivity contribution in [2.75, 3.05) is 0 Å². The summed E-state index contributed by atoms with van der Waals surface area (Å²) >= 11 is 0. The van der Waals surface area contributed by atoms with E-state index in [2.05, 4.69) is 5.10 Å². The summed E-state index contributed by atoms with van der Waals surface area (Å²) in [6.07, 6.45) is -5.17. The summed E-state index contributed by atoms with van der Waals surface area (Å²) in [5, 5.41) is 12.7. The highest BCUT2D eigenvalue weighted by Gasteiger charge is 2.41. The highest BCUT2D eigenvalue weighted by molar-refractivity contribution is 5.06. The number of hydrogen-bond donors (Lipinski definition) is 1. The average molecular weight is 208 g/mol. The van der Waals surface area contributed by atoms with Gasteiger partial charge in [-0.3, -0.25) is 4.68 Å². The van der Waals surface area contributed by atoms with Crippen molar-refractivity contribution in [3.05, 3.63) is 18.0 Å². The number of nitrogens with zero attached hydrogens (tertiary/aromatic N) is 2. The van der Waals surface area contributed by atoms with Crippen molar-refractivity contribution < 1.29 is 18.3 Å². The van der Waals surface area contributed by atoms with Crippen LogP contribution in [0.5, 0.6) is 0 Å². The first-order valence-electron chi connectivity index (χ1n) is 4.23. The van der Waals surface area contributed by atoms with E-state index in [0.29, 0.717) is 13.0 Å². The van der Waals surface area contributed by atoms with Crippen LogP contribution in [-0.4, -0.2) is 21.1 Å². The second kappa shape index (κ2) is 4.00. The van der Waals surface area contributed by atoms with Crippen LogP contribution in [0.2, 0.25) is 0 Å². The molecular weight excluding hydrogens is 197 g/mol. The van der Waals surface area contributed by atoms with E-state index >= 15 is 0 Å². The van der Waals surface area contributed by atoms with E-state index in [4.69, 9.17) is 5.11 Å². The molecule has 80 valence electrons. The molecule has 0 spiro atoms. The summed E-state index contributed by atoms with van der Waals surface area (Å²) in [4.78, 5) is 0. The van der Waals surface area contributed by atoms with Crippen LogP contribution in [0.4, 0.5) is 13.2 Å². The Morgan fingerprint density at radius 1 is 1.57 bits per heavy atom. The Hall–Kier alpha value is -1.04. The van der Waals surface area contributed by atoms with Crippen LogP contribution in [0.25, 0.3) is 0 Å². The molecule has 1 aromatic heterocycles. The monoisotopic (exact) mass is 208 g/mol. The molecule has 0 aliphatic rings. The molecule has 1 atom stereocenters. The minimum absolute atomic E-state index is 0.209. The van der Waals surface area contributed by atoms with E-state index in [9.17, 15) is 13.2 Å². The predicted octanol–water partition coefficient (Wildman–Crippen LogP) is 1.89. The van der Waals surface area contributed by atoms with Gasteiger partial charge in [-0.25, -0.2) is 0 Å². The van der Waals surface area contributed by atoms with Crippen molar-refractivity contribution in [3.63, 3.8) is 0 Å². The van der Waals surface area contributed by atoms with Crippen LogP contribution in [0.15, 0.2) is 12.3 Å². The van der Waals surface area contributed by atoms with Gasteiger partial charge < -0.3 is 5.11 Å². The minimum Gasteiger partial charge on any atom is -0.378 e. The van der Waals surface area contributed by atoms with E-state index in [1.54, 1.807) is 0 Å². The van der Waals surface area contributed by atoms with Gasteiger partial charge in [0.15, 0.2) is 6.10 Å². The third-order valence-electron chi connectivity index (χ3n) is 1.78. The molecule has 1 unspecified atom stereocenters. The van der Waals surface area contributed by atoms with Crippen molar-refractivity contribution in [2.45, 2.75) is 32.2 Å². The SMILES string of the molecule is CCCn1nccc1C(O)C(F)(F)F.